The molecule has 7 nitrogen and oxygen atoms in total. The first-order valence-corrected chi connectivity index (χ1v) is 8.25. The predicted octanol–water partition coefficient (Wildman–Crippen LogP) is 2.27. The Balaban J connectivity index is 1.75. The average molecular weight is 346 g/mol. The van der Waals surface area contributed by atoms with Crippen LogP contribution in [-0.4, -0.2) is 49.5 Å². The van der Waals surface area contributed by atoms with Gasteiger partial charge in [-0.1, -0.05) is 0 Å². The number of piperidine rings is 1. The van der Waals surface area contributed by atoms with Crippen LogP contribution in [-0.2, 0) is 4.79 Å². The van der Waals surface area contributed by atoms with Crippen molar-refractivity contribution in [1.82, 2.24) is 19.9 Å². The van der Waals surface area contributed by atoms with Gasteiger partial charge in [0.1, 0.15) is 5.82 Å². The van der Waals surface area contributed by atoms with Crippen LogP contribution in [0.1, 0.15) is 42.6 Å². The fourth-order valence-electron chi connectivity index (χ4n) is 3.07. The molecule has 1 atom stereocenters. The number of carboxylic acids is 1. The number of likely N-dealkylation sites (tertiary alicyclic amines) is 1. The van der Waals surface area contributed by atoms with Crippen LogP contribution in [0.5, 0.6) is 0 Å². The molecule has 1 aliphatic heterocycles. The lowest BCUT2D eigenvalue weighted by Gasteiger charge is -2.35. The number of carbonyl (C=O) groups is 2. The third kappa shape index (κ3) is 4.01. The van der Waals surface area contributed by atoms with Crippen molar-refractivity contribution in [2.45, 2.75) is 38.1 Å². The van der Waals surface area contributed by atoms with Gasteiger partial charge in [0.25, 0.3) is 5.91 Å². The molecule has 1 aromatic carbocycles. The van der Waals surface area contributed by atoms with Gasteiger partial charge in [-0.15, -0.1) is 5.10 Å². The lowest BCUT2D eigenvalue weighted by Crippen LogP contribution is -2.44. The maximum absolute atomic E-state index is 13.0. The number of hydrogen-bond acceptors (Lipinski definition) is 4. The first-order valence-electron chi connectivity index (χ1n) is 8.25. The van der Waals surface area contributed by atoms with E-state index in [-0.39, 0.29) is 29.9 Å². The van der Waals surface area contributed by atoms with E-state index in [1.165, 1.54) is 35.3 Å². The zero-order valence-corrected chi connectivity index (χ0v) is 13.6. The largest absolute Gasteiger partial charge is 0.481 e. The van der Waals surface area contributed by atoms with E-state index < -0.39 is 5.97 Å². The molecule has 1 fully saturated rings. The molecule has 3 rings (SSSR count). The second-order valence-electron chi connectivity index (χ2n) is 6.08. The number of amides is 1. The molecule has 0 spiro atoms. The summed E-state index contributed by atoms with van der Waals surface area (Å²) < 4.78 is 13.0. The van der Waals surface area contributed by atoms with Gasteiger partial charge in [0, 0.05) is 19.0 Å². The van der Waals surface area contributed by atoms with E-state index in [2.05, 4.69) is 10.2 Å². The van der Waals surface area contributed by atoms with Crippen LogP contribution in [0.3, 0.4) is 0 Å². The van der Waals surface area contributed by atoms with E-state index in [4.69, 9.17) is 5.11 Å². The van der Waals surface area contributed by atoms with Crippen molar-refractivity contribution in [2.24, 2.45) is 0 Å². The van der Waals surface area contributed by atoms with E-state index >= 15 is 0 Å². The molecule has 0 bridgehead atoms. The quantitative estimate of drug-likeness (QED) is 0.897. The third-order valence-corrected chi connectivity index (χ3v) is 4.35. The standard InChI is InChI=1S/C17H19FN4O3/c18-12-4-6-14(7-5-12)22-19-11-15(20-22)17(25)21-10-2-1-3-13(21)8-9-16(23)24/h4-7,11,13H,1-3,8-10H2,(H,23,24)/t13-/m0/s1. The fourth-order valence-corrected chi connectivity index (χ4v) is 3.07. The van der Waals surface area contributed by atoms with Gasteiger partial charge in [-0.3, -0.25) is 9.59 Å². The summed E-state index contributed by atoms with van der Waals surface area (Å²) in [4.78, 5) is 26.6. The minimum atomic E-state index is -0.861. The Morgan fingerprint density at radius 3 is 2.72 bits per heavy atom. The van der Waals surface area contributed by atoms with Crippen LogP contribution in [0.2, 0.25) is 0 Å². The highest BCUT2D eigenvalue weighted by Gasteiger charge is 2.29. The molecule has 0 radical (unpaired) electrons. The van der Waals surface area contributed by atoms with Gasteiger partial charge < -0.3 is 10.0 Å². The van der Waals surface area contributed by atoms with Crippen molar-refractivity contribution in [1.29, 1.82) is 0 Å². The molecule has 132 valence electrons. The zero-order valence-electron chi connectivity index (χ0n) is 13.6. The second kappa shape index (κ2) is 7.42. The van der Waals surface area contributed by atoms with Gasteiger partial charge in [-0.05, 0) is 49.9 Å². The van der Waals surface area contributed by atoms with Gasteiger partial charge in [0.2, 0.25) is 0 Å². The Hall–Kier alpha value is -2.77. The Bertz CT molecular complexity index is 760. The van der Waals surface area contributed by atoms with Crippen LogP contribution in [0.15, 0.2) is 30.5 Å². The molecular weight excluding hydrogens is 327 g/mol. The van der Waals surface area contributed by atoms with Gasteiger partial charge in [-0.25, -0.2) is 4.39 Å². The molecule has 1 saturated heterocycles. The summed E-state index contributed by atoms with van der Waals surface area (Å²) in [5, 5.41) is 17.1. The smallest absolute Gasteiger partial charge is 0.303 e. The lowest BCUT2D eigenvalue weighted by molar-refractivity contribution is -0.137. The van der Waals surface area contributed by atoms with Crippen molar-refractivity contribution in [3.05, 3.63) is 42.0 Å². The highest BCUT2D eigenvalue weighted by molar-refractivity contribution is 5.92. The number of halogens is 1. The Morgan fingerprint density at radius 2 is 2.00 bits per heavy atom. The van der Waals surface area contributed by atoms with E-state index in [0.29, 0.717) is 18.7 Å². The molecular formula is C17H19FN4O3. The second-order valence-corrected chi connectivity index (χ2v) is 6.08. The molecule has 1 aliphatic rings. The third-order valence-electron chi connectivity index (χ3n) is 4.35. The van der Waals surface area contributed by atoms with Crippen molar-refractivity contribution < 1.29 is 19.1 Å². The highest BCUT2D eigenvalue weighted by atomic mass is 19.1. The van der Waals surface area contributed by atoms with Crippen molar-refractivity contribution in [3.63, 3.8) is 0 Å². The number of carboxylic acid groups (broad SMARTS) is 1. The number of nitrogens with zero attached hydrogens (tertiary/aromatic N) is 4. The Morgan fingerprint density at radius 1 is 1.24 bits per heavy atom. The molecule has 1 N–H and O–H groups in total. The van der Waals surface area contributed by atoms with Crippen LogP contribution < -0.4 is 0 Å². The molecule has 0 unspecified atom stereocenters. The van der Waals surface area contributed by atoms with E-state index in [0.717, 1.165) is 19.3 Å². The van der Waals surface area contributed by atoms with Crippen LogP contribution >= 0.6 is 0 Å². The summed E-state index contributed by atoms with van der Waals surface area (Å²) in [7, 11) is 0. The summed E-state index contributed by atoms with van der Waals surface area (Å²) in [5.41, 5.74) is 0.757. The van der Waals surface area contributed by atoms with E-state index in [9.17, 15) is 14.0 Å². The topological polar surface area (TPSA) is 88.3 Å². The lowest BCUT2D eigenvalue weighted by atomic mass is 9.97. The minimum absolute atomic E-state index is 0.0384. The summed E-state index contributed by atoms with van der Waals surface area (Å²) >= 11 is 0. The van der Waals surface area contributed by atoms with Crippen LogP contribution in [0, 0.1) is 5.82 Å². The molecule has 0 aliphatic carbocycles. The summed E-state index contributed by atoms with van der Waals surface area (Å²) in [6, 6.07) is 5.56. The number of aromatic nitrogens is 3. The fraction of sp³-hybridized carbons (Fsp3) is 0.412. The van der Waals surface area contributed by atoms with Crippen molar-refractivity contribution in [3.8, 4) is 5.69 Å². The van der Waals surface area contributed by atoms with Crippen molar-refractivity contribution >= 4 is 11.9 Å². The molecule has 25 heavy (non-hydrogen) atoms. The van der Waals surface area contributed by atoms with E-state index in [1.54, 1.807) is 4.90 Å². The summed E-state index contributed by atoms with van der Waals surface area (Å²) in [5.74, 6) is -1.47. The molecule has 2 aromatic rings. The Labute approximate surface area is 144 Å². The van der Waals surface area contributed by atoms with Gasteiger partial charge in [0.05, 0.1) is 11.9 Å². The molecule has 0 saturated carbocycles. The molecule has 2 heterocycles. The number of benzene rings is 1. The summed E-state index contributed by atoms with van der Waals surface area (Å²) in [6.45, 7) is 0.590. The SMILES string of the molecule is O=C(O)CC[C@@H]1CCCCN1C(=O)c1cnn(-c2ccc(F)cc2)n1. The Kier molecular flexibility index (Phi) is 5.06. The zero-order chi connectivity index (χ0) is 17.8. The van der Waals surface area contributed by atoms with Gasteiger partial charge in [0.15, 0.2) is 5.69 Å². The van der Waals surface area contributed by atoms with E-state index in [1.807, 2.05) is 0 Å². The minimum Gasteiger partial charge on any atom is -0.481 e. The van der Waals surface area contributed by atoms with Crippen molar-refractivity contribution in [2.75, 3.05) is 6.54 Å². The maximum atomic E-state index is 13.0. The van der Waals surface area contributed by atoms with Gasteiger partial charge in [-0.2, -0.15) is 9.90 Å². The van der Waals surface area contributed by atoms with Crippen LogP contribution in [0.25, 0.3) is 5.69 Å². The monoisotopic (exact) mass is 346 g/mol. The molecule has 8 heteroatoms. The normalized spacial score (nSPS) is 17.5. The first-order chi connectivity index (χ1) is 12.0. The van der Waals surface area contributed by atoms with Crippen LogP contribution in [0.4, 0.5) is 4.39 Å². The summed E-state index contributed by atoms with van der Waals surface area (Å²) in [6.07, 6.45) is 4.53. The average Bonchev–Trinajstić information content (AvgIpc) is 3.10. The number of rotatable bonds is 5. The first kappa shape index (κ1) is 17.1. The number of hydrogen-bond donors (Lipinski definition) is 1. The maximum Gasteiger partial charge on any atom is 0.303 e. The highest BCUT2D eigenvalue weighted by Crippen LogP contribution is 2.22. The number of carbonyl (C=O) groups excluding carboxylic acids is 1. The van der Waals surface area contributed by atoms with Gasteiger partial charge >= 0.3 is 5.97 Å². The number of aliphatic carboxylic acids is 1. The molecule has 1 aromatic heterocycles. The molecule has 1 amide bonds. The predicted molar refractivity (Wildman–Crippen MR) is 86.9 cm³/mol.